The lowest BCUT2D eigenvalue weighted by Gasteiger charge is -2.17. The molecule has 0 aliphatic carbocycles. The molecule has 1 heterocycles. The van der Waals surface area contributed by atoms with E-state index in [9.17, 15) is 9.90 Å². The van der Waals surface area contributed by atoms with Crippen LogP contribution in [0.1, 0.15) is 30.1 Å². The third-order valence-corrected chi connectivity index (χ3v) is 3.97. The Bertz CT molecular complexity index is 464. The van der Waals surface area contributed by atoms with Crippen LogP contribution in [-0.4, -0.2) is 30.3 Å². The first-order valence-electron chi connectivity index (χ1n) is 6.50. The molecule has 2 rings (SSSR count). The number of phenols is 1. The Morgan fingerprint density at radius 2 is 2.37 bits per heavy atom. The Morgan fingerprint density at radius 1 is 1.58 bits per heavy atom. The van der Waals surface area contributed by atoms with E-state index in [1.807, 2.05) is 0 Å². The Balaban J connectivity index is 1.96. The smallest absolute Gasteiger partial charge is 0.255 e. The number of benzene rings is 1. The van der Waals surface area contributed by atoms with Crippen LogP contribution in [-0.2, 0) is 4.74 Å². The number of halogens is 1. The fraction of sp³-hybridized carbons (Fsp3) is 0.500. The molecule has 1 aliphatic rings. The number of rotatable bonds is 4. The molecule has 1 amide bonds. The minimum absolute atomic E-state index is 0.00425. The zero-order valence-electron chi connectivity index (χ0n) is 10.9. The van der Waals surface area contributed by atoms with Gasteiger partial charge in [-0.05, 0) is 31.0 Å². The summed E-state index contributed by atoms with van der Waals surface area (Å²) in [4.78, 5) is 12.0. The molecule has 2 atom stereocenters. The average Bonchev–Trinajstić information content (AvgIpc) is 2.86. The lowest BCUT2D eigenvalue weighted by molar-refractivity contribution is 0.0826. The van der Waals surface area contributed by atoms with E-state index in [4.69, 9.17) is 4.74 Å². The van der Waals surface area contributed by atoms with Crippen molar-refractivity contribution in [2.24, 2.45) is 5.92 Å². The first-order valence-corrected chi connectivity index (χ1v) is 7.29. The zero-order valence-corrected chi connectivity index (χ0v) is 12.4. The normalized spacial score (nSPS) is 22.4. The van der Waals surface area contributed by atoms with Crippen molar-refractivity contribution in [2.45, 2.75) is 25.9 Å². The van der Waals surface area contributed by atoms with E-state index in [1.54, 1.807) is 12.1 Å². The molecule has 1 aliphatic heterocycles. The predicted molar refractivity (Wildman–Crippen MR) is 76.3 cm³/mol. The van der Waals surface area contributed by atoms with Gasteiger partial charge in [0.2, 0.25) is 0 Å². The molecule has 2 unspecified atom stereocenters. The van der Waals surface area contributed by atoms with Crippen LogP contribution in [0.2, 0.25) is 0 Å². The number of carbonyl (C=O) groups excluding carboxylic acids is 1. The average molecular weight is 328 g/mol. The van der Waals surface area contributed by atoms with Crippen molar-refractivity contribution in [1.29, 1.82) is 0 Å². The molecule has 19 heavy (non-hydrogen) atoms. The first kappa shape index (κ1) is 14.3. The van der Waals surface area contributed by atoms with Gasteiger partial charge in [0.1, 0.15) is 5.75 Å². The van der Waals surface area contributed by atoms with E-state index in [-0.39, 0.29) is 17.8 Å². The summed E-state index contributed by atoms with van der Waals surface area (Å²) in [6.07, 6.45) is 2.17. The van der Waals surface area contributed by atoms with Crippen molar-refractivity contribution >= 4 is 21.8 Å². The van der Waals surface area contributed by atoms with Gasteiger partial charge in [-0.25, -0.2) is 0 Å². The minimum Gasteiger partial charge on any atom is -0.507 e. The van der Waals surface area contributed by atoms with Crippen molar-refractivity contribution in [2.75, 3.05) is 13.2 Å². The topological polar surface area (TPSA) is 58.6 Å². The second-order valence-corrected chi connectivity index (χ2v) is 5.65. The first-order chi connectivity index (χ1) is 9.11. The largest absolute Gasteiger partial charge is 0.507 e. The molecule has 0 aromatic heterocycles. The maximum Gasteiger partial charge on any atom is 0.255 e. The van der Waals surface area contributed by atoms with E-state index in [0.717, 1.165) is 23.9 Å². The van der Waals surface area contributed by atoms with Gasteiger partial charge in [-0.2, -0.15) is 0 Å². The predicted octanol–water partition coefficient (Wildman–Crippen LogP) is 2.70. The van der Waals surface area contributed by atoms with Crippen molar-refractivity contribution in [1.82, 2.24) is 5.32 Å². The molecular formula is C14H18BrNO3. The molecule has 2 N–H and O–H groups in total. The van der Waals surface area contributed by atoms with Gasteiger partial charge < -0.3 is 15.2 Å². The number of nitrogens with one attached hydrogen (secondary N) is 1. The lowest BCUT2D eigenvalue weighted by Crippen LogP contribution is -2.32. The van der Waals surface area contributed by atoms with Gasteiger partial charge in [0.25, 0.3) is 5.91 Å². The Morgan fingerprint density at radius 3 is 3.11 bits per heavy atom. The monoisotopic (exact) mass is 327 g/mol. The number of carbonyl (C=O) groups is 1. The molecule has 0 radical (unpaired) electrons. The minimum atomic E-state index is -0.249. The highest BCUT2D eigenvalue weighted by Gasteiger charge is 2.27. The number of ether oxygens (including phenoxy) is 1. The van der Waals surface area contributed by atoms with Crippen LogP contribution in [0, 0.1) is 5.92 Å². The van der Waals surface area contributed by atoms with E-state index in [2.05, 4.69) is 28.2 Å². The maximum absolute atomic E-state index is 12.0. The summed E-state index contributed by atoms with van der Waals surface area (Å²) in [6.45, 7) is 3.44. The van der Waals surface area contributed by atoms with Gasteiger partial charge in [-0.15, -0.1) is 0 Å². The highest BCUT2D eigenvalue weighted by molar-refractivity contribution is 9.10. The highest BCUT2D eigenvalue weighted by atomic mass is 79.9. The Labute approximate surface area is 121 Å². The van der Waals surface area contributed by atoms with Crippen molar-refractivity contribution in [3.63, 3.8) is 0 Å². The SMILES string of the molecule is CCC1OCCC1CNC(=O)c1cc(Br)ccc1O. The summed E-state index contributed by atoms with van der Waals surface area (Å²) in [7, 11) is 0. The van der Waals surface area contributed by atoms with Crippen molar-refractivity contribution < 1.29 is 14.6 Å². The van der Waals surface area contributed by atoms with Crippen LogP contribution >= 0.6 is 15.9 Å². The standard InChI is InChI=1S/C14H18BrNO3/c1-2-13-9(5-6-19-13)8-16-14(18)11-7-10(15)3-4-12(11)17/h3-4,7,9,13,17H,2,5-6,8H2,1H3,(H,16,18). The van der Waals surface area contributed by atoms with Gasteiger partial charge in [-0.3, -0.25) is 4.79 Å². The van der Waals surface area contributed by atoms with E-state index in [1.165, 1.54) is 6.07 Å². The molecule has 1 fully saturated rings. The van der Waals surface area contributed by atoms with E-state index < -0.39 is 0 Å². The summed E-state index contributed by atoms with van der Waals surface area (Å²) in [5, 5.41) is 12.6. The van der Waals surface area contributed by atoms with E-state index >= 15 is 0 Å². The summed E-state index contributed by atoms with van der Waals surface area (Å²) < 4.78 is 6.36. The fourth-order valence-corrected chi connectivity index (χ4v) is 2.75. The number of amides is 1. The lowest BCUT2D eigenvalue weighted by atomic mass is 9.99. The highest BCUT2D eigenvalue weighted by Crippen LogP contribution is 2.24. The Kier molecular flexibility index (Phi) is 4.82. The molecule has 104 valence electrons. The maximum atomic E-state index is 12.0. The van der Waals surface area contributed by atoms with Crippen LogP contribution in [0.4, 0.5) is 0 Å². The molecule has 0 saturated carbocycles. The number of hydrogen-bond donors (Lipinski definition) is 2. The molecule has 1 aromatic rings. The zero-order chi connectivity index (χ0) is 13.8. The van der Waals surface area contributed by atoms with Gasteiger partial charge in [0.15, 0.2) is 0 Å². The molecule has 1 aromatic carbocycles. The summed E-state index contributed by atoms with van der Waals surface area (Å²) in [5.41, 5.74) is 0.293. The summed E-state index contributed by atoms with van der Waals surface area (Å²) in [6, 6.07) is 4.82. The van der Waals surface area contributed by atoms with Gasteiger partial charge in [0, 0.05) is 23.5 Å². The van der Waals surface area contributed by atoms with Gasteiger partial charge >= 0.3 is 0 Å². The molecule has 5 heteroatoms. The van der Waals surface area contributed by atoms with Crippen molar-refractivity contribution in [3.8, 4) is 5.75 Å². The third-order valence-electron chi connectivity index (χ3n) is 3.48. The molecule has 0 bridgehead atoms. The van der Waals surface area contributed by atoms with Crippen LogP contribution < -0.4 is 5.32 Å². The number of phenolic OH excluding ortho intramolecular Hbond substituents is 1. The van der Waals surface area contributed by atoms with Crippen LogP contribution in [0.15, 0.2) is 22.7 Å². The second-order valence-electron chi connectivity index (χ2n) is 4.74. The van der Waals surface area contributed by atoms with Crippen molar-refractivity contribution in [3.05, 3.63) is 28.2 Å². The summed E-state index contributed by atoms with van der Waals surface area (Å²) >= 11 is 3.29. The van der Waals surface area contributed by atoms with Crippen LogP contribution in [0.25, 0.3) is 0 Å². The Hall–Kier alpha value is -1.07. The quantitative estimate of drug-likeness (QED) is 0.893. The fourth-order valence-electron chi connectivity index (χ4n) is 2.39. The molecule has 0 spiro atoms. The molecule has 4 nitrogen and oxygen atoms in total. The number of hydrogen-bond acceptors (Lipinski definition) is 3. The third kappa shape index (κ3) is 3.48. The molecule has 1 saturated heterocycles. The van der Waals surface area contributed by atoms with Gasteiger partial charge in [0.05, 0.1) is 11.7 Å². The van der Waals surface area contributed by atoms with Crippen LogP contribution in [0.3, 0.4) is 0 Å². The summed E-state index contributed by atoms with van der Waals surface area (Å²) in [5.74, 6) is 0.110. The second kappa shape index (κ2) is 6.39. The van der Waals surface area contributed by atoms with Crippen LogP contribution in [0.5, 0.6) is 5.75 Å². The van der Waals surface area contributed by atoms with Gasteiger partial charge in [-0.1, -0.05) is 22.9 Å². The number of aromatic hydroxyl groups is 1. The molecular weight excluding hydrogens is 310 g/mol. The van der Waals surface area contributed by atoms with E-state index in [0.29, 0.717) is 18.0 Å².